The van der Waals surface area contributed by atoms with Gasteiger partial charge in [0.1, 0.15) is 0 Å². The van der Waals surface area contributed by atoms with Crippen LogP contribution in [0.25, 0.3) is 0 Å². The van der Waals surface area contributed by atoms with Crippen molar-refractivity contribution in [2.45, 2.75) is 12.8 Å². The lowest BCUT2D eigenvalue weighted by Gasteiger charge is -2.06. The maximum atomic E-state index is 11.8. The first kappa shape index (κ1) is 14.4. The van der Waals surface area contributed by atoms with Gasteiger partial charge in [0.25, 0.3) is 0 Å². The van der Waals surface area contributed by atoms with Gasteiger partial charge in [0.15, 0.2) is 0 Å². The number of anilines is 1. The topological polar surface area (TPSA) is 55.1 Å². The molecule has 0 radical (unpaired) electrons. The molecule has 1 amide bonds. The lowest BCUT2D eigenvalue weighted by molar-refractivity contribution is -0.120. The summed E-state index contributed by atoms with van der Waals surface area (Å²) < 4.78 is 0. The minimum absolute atomic E-state index is 0.00220. The normalized spacial score (nSPS) is 10.2. The molecule has 0 aromatic heterocycles. The summed E-state index contributed by atoms with van der Waals surface area (Å²) in [5.74, 6) is -0.00220. The number of carbonyl (C=O) groups is 1. The van der Waals surface area contributed by atoms with Crippen LogP contribution in [0.2, 0.25) is 5.02 Å². The van der Waals surface area contributed by atoms with Crippen LogP contribution in [-0.4, -0.2) is 12.5 Å². The van der Waals surface area contributed by atoms with E-state index in [2.05, 4.69) is 5.32 Å². The Balaban J connectivity index is 1.78. The molecule has 0 atom stereocenters. The van der Waals surface area contributed by atoms with Crippen molar-refractivity contribution in [3.05, 3.63) is 64.7 Å². The summed E-state index contributed by atoms with van der Waals surface area (Å²) in [5.41, 5.74) is 8.39. The van der Waals surface area contributed by atoms with Crippen molar-refractivity contribution >= 4 is 23.2 Å². The van der Waals surface area contributed by atoms with Crippen LogP contribution in [0.15, 0.2) is 48.5 Å². The van der Waals surface area contributed by atoms with Crippen LogP contribution < -0.4 is 11.1 Å². The largest absolute Gasteiger partial charge is 0.399 e. The van der Waals surface area contributed by atoms with Gasteiger partial charge in [0.2, 0.25) is 5.91 Å². The fourth-order valence-electron chi connectivity index (χ4n) is 1.99. The number of nitrogen functional groups attached to an aromatic ring is 1. The maximum Gasteiger partial charge on any atom is 0.224 e. The number of benzene rings is 2. The summed E-state index contributed by atoms with van der Waals surface area (Å²) in [4.78, 5) is 11.8. The molecule has 3 nitrogen and oxygen atoms in total. The van der Waals surface area contributed by atoms with Crippen LogP contribution in [0.4, 0.5) is 5.69 Å². The molecule has 0 saturated heterocycles. The molecule has 2 aromatic carbocycles. The highest BCUT2D eigenvalue weighted by molar-refractivity contribution is 6.30. The van der Waals surface area contributed by atoms with Crippen LogP contribution in [0.3, 0.4) is 0 Å². The Morgan fingerprint density at radius 3 is 2.60 bits per heavy atom. The number of nitrogens with two attached hydrogens (primary N) is 1. The number of amides is 1. The smallest absolute Gasteiger partial charge is 0.224 e. The minimum Gasteiger partial charge on any atom is -0.399 e. The highest BCUT2D eigenvalue weighted by atomic mass is 35.5. The second-order valence-corrected chi connectivity index (χ2v) is 5.09. The van der Waals surface area contributed by atoms with E-state index in [1.54, 1.807) is 6.07 Å². The van der Waals surface area contributed by atoms with Crippen molar-refractivity contribution in [1.82, 2.24) is 5.32 Å². The lowest BCUT2D eigenvalue weighted by Crippen LogP contribution is -2.27. The number of nitrogens with one attached hydrogen (secondary N) is 1. The van der Waals surface area contributed by atoms with Crippen molar-refractivity contribution in [2.75, 3.05) is 12.3 Å². The summed E-state index contributed by atoms with van der Waals surface area (Å²) in [6.45, 7) is 0.599. The molecule has 20 heavy (non-hydrogen) atoms. The van der Waals surface area contributed by atoms with Gasteiger partial charge in [0, 0.05) is 17.3 Å². The molecule has 2 aromatic rings. The van der Waals surface area contributed by atoms with Gasteiger partial charge in [-0.05, 0) is 41.8 Å². The highest BCUT2D eigenvalue weighted by Gasteiger charge is 2.03. The van der Waals surface area contributed by atoms with Gasteiger partial charge >= 0.3 is 0 Å². The summed E-state index contributed by atoms with van der Waals surface area (Å²) >= 11 is 5.91. The standard InChI is InChI=1S/C16H17ClN2O/c17-14-5-1-3-12(9-14)7-8-19-16(20)11-13-4-2-6-15(18)10-13/h1-6,9-10H,7-8,11,18H2,(H,19,20). The van der Waals surface area contributed by atoms with E-state index in [1.165, 1.54) is 0 Å². The molecule has 104 valence electrons. The molecule has 0 saturated carbocycles. The summed E-state index contributed by atoms with van der Waals surface area (Å²) in [6.07, 6.45) is 1.11. The molecule has 0 heterocycles. The summed E-state index contributed by atoms with van der Waals surface area (Å²) in [7, 11) is 0. The zero-order valence-electron chi connectivity index (χ0n) is 11.1. The number of rotatable bonds is 5. The Bertz CT molecular complexity index is 599. The van der Waals surface area contributed by atoms with Crippen molar-refractivity contribution in [2.24, 2.45) is 0 Å². The zero-order valence-corrected chi connectivity index (χ0v) is 11.9. The molecule has 0 aliphatic carbocycles. The van der Waals surface area contributed by atoms with Gasteiger partial charge in [0.05, 0.1) is 6.42 Å². The SMILES string of the molecule is Nc1cccc(CC(=O)NCCc2cccc(Cl)c2)c1. The summed E-state index contributed by atoms with van der Waals surface area (Å²) in [5, 5.41) is 3.61. The van der Waals surface area contributed by atoms with E-state index in [-0.39, 0.29) is 5.91 Å². The molecule has 2 rings (SSSR count). The van der Waals surface area contributed by atoms with Gasteiger partial charge in [-0.3, -0.25) is 4.79 Å². The molecular weight excluding hydrogens is 272 g/mol. The Hall–Kier alpha value is -2.00. The number of hydrogen-bond acceptors (Lipinski definition) is 2. The fraction of sp³-hybridized carbons (Fsp3) is 0.188. The second-order valence-electron chi connectivity index (χ2n) is 4.65. The third-order valence-corrected chi connectivity index (χ3v) is 3.18. The third-order valence-electron chi connectivity index (χ3n) is 2.94. The van der Waals surface area contributed by atoms with Crippen LogP contribution in [0.5, 0.6) is 0 Å². The molecule has 0 fully saturated rings. The Kier molecular flexibility index (Phi) is 5.02. The van der Waals surface area contributed by atoms with E-state index in [4.69, 9.17) is 17.3 Å². The Morgan fingerprint density at radius 2 is 1.85 bits per heavy atom. The van der Waals surface area contributed by atoms with Crippen molar-refractivity contribution in [3.63, 3.8) is 0 Å². The average molecular weight is 289 g/mol. The molecule has 3 N–H and O–H groups in total. The van der Waals surface area contributed by atoms with E-state index in [1.807, 2.05) is 42.5 Å². The first-order chi connectivity index (χ1) is 9.63. The number of hydrogen-bond donors (Lipinski definition) is 2. The molecule has 0 spiro atoms. The van der Waals surface area contributed by atoms with Gasteiger partial charge in [-0.1, -0.05) is 35.9 Å². The predicted molar refractivity (Wildman–Crippen MR) is 82.7 cm³/mol. The zero-order chi connectivity index (χ0) is 14.4. The molecule has 0 aliphatic heterocycles. The van der Waals surface area contributed by atoms with Gasteiger partial charge in [-0.2, -0.15) is 0 Å². The average Bonchev–Trinajstić information content (AvgIpc) is 2.38. The Morgan fingerprint density at radius 1 is 1.10 bits per heavy atom. The highest BCUT2D eigenvalue weighted by Crippen LogP contribution is 2.11. The van der Waals surface area contributed by atoms with Crippen molar-refractivity contribution < 1.29 is 4.79 Å². The predicted octanol–water partition coefficient (Wildman–Crippen LogP) is 2.82. The van der Waals surface area contributed by atoms with E-state index in [9.17, 15) is 4.79 Å². The van der Waals surface area contributed by atoms with Crippen LogP contribution in [-0.2, 0) is 17.6 Å². The quantitative estimate of drug-likeness (QED) is 0.831. The van der Waals surface area contributed by atoms with E-state index >= 15 is 0 Å². The van der Waals surface area contributed by atoms with Crippen molar-refractivity contribution in [3.8, 4) is 0 Å². The number of halogens is 1. The molecular formula is C16H17ClN2O. The first-order valence-corrected chi connectivity index (χ1v) is 6.87. The maximum absolute atomic E-state index is 11.8. The molecule has 0 aliphatic rings. The minimum atomic E-state index is -0.00220. The van der Waals surface area contributed by atoms with Crippen molar-refractivity contribution in [1.29, 1.82) is 0 Å². The molecule has 4 heteroatoms. The van der Waals surface area contributed by atoms with Crippen LogP contribution in [0, 0.1) is 0 Å². The first-order valence-electron chi connectivity index (χ1n) is 6.49. The van der Waals surface area contributed by atoms with E-state index in [0.717, 1.165) is 17.5 Å². The lowest BCUT2D eigenvalue weighted by atomic mass is 10.1. The van der Waals surface area contributed by atoms with Crippen LogP contribution >= 0.6 is 11.6 Å². The fourth-order valence-corrected chi connectivity index (χ4v) is 2.20. The van der Waals surface area contributed by atoms with Gasteiger partial charge < -0.3 is 11.1 Å². The summed E-state index contributed by atoms with van der Waals surface area (Å²) in [6, 6.07) is 15.0. The van der Waals surface area contributed by atoms with E-state index in [0.29, 0.717) is 23.7 Å². The second kappa shape index (κ2) is 6.96. The van der Waals surface area contributed by atoms with E-state index < -0.39 is 0 Å². The Labute approximate surface area is 123 Å². The molecule has 0 unspecified atom stereocenters. The van der Waals surface area contributed by atoms with Crippen LogP contribution in [0.1, 0.15) is 11.1 Å². The third kappa shape index (κ3) is 4.59. The van der Waals surface area contributed by atoms with Gasteiger partial charge in [-0.15, -0.1) is 0 Å². The molecule has 0 bridgehead atoms. The number of carbonyl (C=O) groups excluding carboxylic acids is 1. The monoisotopic (exact) mass is 288 g/mol. The van der Waals surface area contributed by atoms with Gasteiger partial charge in [-0.25, -0.2) is 0 Å².